The Morgan fingerprint density at radius 2 is 1.75 bits per heavy atom. The molecule has 1 fully saturated rings. The van der Waals surface area contributed by atoms with E-state index in [0.29, 0.717) is 5.56 Å². The van der Waals surface area contributed by atoms with Gasteiger partial charge in [0.1, 0.15) is 24.7 Å². The third kappa shape index (κ3) is 6.96. The quantitative estimate of drug-likeness (QED) is 0.591. The van der Waals surface area contributed by atoms with Gasteiger partial charge >= 0.3 is 12.1 Å². The van der Waals surface area contributed by atoms with Crippen molar-refractivity contribution < 1.29 is 28.7 Å². The van der Waals surface area contributed by atoms with E-state index in [1.165, 1.54) is 12.0 Å². The maximum atomic E-state index is 13.3. The van der Waals surface area contributed by atoms with Gasteiger partial charge < -0.3 is 25.0 Å². The van der Waals surface area contributed by atoms with E-state index in [1.54, 1.807) is 32.9 Å². The molecule has 2 N–H and O–H groups in total. The van der Waals surface area contributed by atoms with Gasteiger partial charge in [-0.2, -0.15) is 0 Å². The van der Waals surface area contributed by atoms with E-state index in [2.05, 4.69) is 15.4 Å². The summed E-state index contributed by atoms with van der Waals surface area (Å²) in [4.78, 5) is 51.6. The van der Waals surface area contributed by atoms with Crippen LogP contribution in [0.15, 0.2) is 24.3 Å². The third-order valence-corrected chi connectivity index (χ3v) is 5.18. The highest BCUT2D eigenvalue weighted by Crippen LogP contribution is 2.34. The molecule has 0 heterocycles. The topological polar surface area (TPSA) is 114 Å². The molecule has 0 aliphatic heterocycles. The number of esters is 1. The standard InChI is InChI=1S/C23H33N3O6/c1-15-9-6-7-12-17(15)20(21(29)24-14-19(28)31-5)26(16-10-8-11-16)18(27)13-25-22(30)32-23(2,3)4/h6-7,9,12,16,20H,8,10-11,13-14H2,1-5H3,(H,24,29)(H,25,30). The Labute approximate surface area is 188 Å². The second-order valence-electron chi connectivity index (χ2n) is 8.79. The summed E-state index contributed by atoms with van der Waals surface area (Å²) in [7, 11) is 1.24. The van der Waals surface area contributed by atoms with E-state index >= 15 is 0 Å². The number of amides is 3. The van der Waals surface area contributed by atoms with Crippen molar-refractivity contribution in [1.29, 1.82) is 0 Å². The first kappa shape index (κ1) is 25.2. The maximum Gasteiger partial charge on any atom is 0.408 e. The Bertz CT molecular complexity index is 844. The average Bonchev–Trinajstić information content (AvgIpc) is 2.68. The first-order valence-corrected chi connectivity index (χ1v) is 10.7. The van der Waals surface area contributed by atoms with Crippen molar-refractivity contribution in [2.24, 2.45) is 0 Å². The number of nitrogens with zero attached hydrogens (tertiary/aromatic N) is 1. The molecule has 9 nitrogen and oxygen atoms in total. The summed E-state index contributed by atoms with van der Waals surface area (Å²) in [6.07, 6.45) is 1.75. The fraction of sp³-hybridized carbons (Fsp3) is 0.565. The molecule has 1 saturated carbocycles. The van der Waals surface area contributed by atoms with Crippen LogP contribution in [0.25, 0.3) is 0 Å². The molecular weight excluding hydrogens is 414 g/mol. The van der Waals surface area contributed by atoms with Crippen LogP contribution in [0, 0.1) is 6.92 Å². The molecule has 1 aliphatic rings. The summed E-state index contributed by atoms with van der Waals surface area (Å²) >= 11 is 0. The Kier molecular flexibility index (Phi) is 8.63. The number of carbonyl (C=O) groups is 4. The maximum absolute atomic E-state index is 13.3. The van der Waals surface area contributed by atoms with Gasteiger partial charge in [0.05, 0.1) is 7.11 Å². The summed E-state index contributed by atoms with van der Waals surface area (Å²) in [5.41, 5.74) is 0.799. The predicted molar refractivity (Wildman–Crippen MR) is 118 cm³/mol. The Morgan fingerprint density at radius 3 is 2.28 bits per heavy atom. The molecular formula is C23H33N3O6. The number of benzene rings is 1. The lowest BCUT2D eigenvalue weighted by Crippen LogP contribution is -2.54. The summed E-state index contributed by atoms with van der Waals surface area (Å²) in [6.45, 7) is 6.44. The zero-order valence-corrected chi connectivity index (χ0v) is 19.4. The van der Waals surface area contributed by atoms with E-state index in [4.69, 9.17) is 4.74 Å². The van der Waals surface area contributed by atoms with Gasteiger partial charge in [-0.25, -0.2) is 4.79 Å². The smallest absolute Gasteiger partial charge is 0.408 e. The zero-order valence-electron chi connectivity index (χ0n) is 19.4. The SMILES string of the molecule is COC(=O)CNC(=O)C(c1ccccc1C)N(C(=O)CNC(=O)OC(C)(C)C)C1CCC1. The van der Waals surface area contributed by atoms with Gasteiger partial charge in [-0.3, -0.25) is 14.4 Å². The number of carbonyl (C=O) groups excluding carboxylic acids is 4. The van der Waals surface area contributed by atoms with Crippen LogP contribution < -0.4 is 10.6 Å². The van der Waals surface area contributed by atoms with Crippen molar-refractivity contribution in [2.45, 2.75) is 64.6 Å². The molecule has 9 heteroatoms. The van der Waals surface area contributed by atoms with Gasteiger partial charge in [-0.15, -0.1) is 0 Å². The van der Waals surface area contributed by atoms with E-state index in [1.807, 2.05) is 19.1 Å². The molecule has 1 aliphatic carbocycles. The molecule has 176 valence electrons. The Hall–Kier alpha value is -3.10. The first-order valence-electron chi connectivity index (χ1n) is 10.7. The molecule has 1 atom stereocenters. The second-order valence-corrected chi connectivity index (χ2v) is 8.79. The number of rotatable bonds is 8. The molecule has 0 radical (unpaired) electrons. The summed E-state index contributed by atoms with van der Waals surface area (Å²) in [6, 6.07) is 6.21. The lowest BCUT2D eigenvalue weighted by Gasteiger charge is -2.42. The van der Waals surface area contributed by atoms with Crippen molar-refractivity contribution in [3.63, 3.8) is 0 Å². The van der Waals surface area contributed by atoms with Crippen molar-refractivity contribution in [1.82, 2.24) is 15.5 Å². The minimum Gasteiger partial charge on any atom is -0.468 e. The molecule has 3 amide bonds. The molecule has 1 aromatic carbocycles. The number of ether oxygens (including phenoxy) is 2. The fourth-order valence-corrected chi connectivity index (χ4v) is 3.42. The first-order chi connectivity index (χ1) is 15.0. The minimum absolute atomic E-state index is 0.142. The summed E-state index contributed by atoms with van der Waals surface area (Å²) < 4.78 is 9.81. The van der Waals surface area contributed by atoms with Gasteiger partial charge in [0, 0.05) is 6.04 Å². The van der Waals surface area contributed by atoms with Gasteiger partial charge in [0.15, 0.2) is 0 Å². The van der Waals surface area contributed by atoms with Crippen LogP contribution in [0.1, 0.15) is 57.2 Å². The number of aryl methyl sites for hydroxylation is 1. The van der Waals surface area contributed by atoms with Gasteiger partial charge in [0.25, 0.3) is 0 Å². The van der Waals surface area contributed by atoms with E-state index in [0.717, 1.165) is 24.8 Å². The predicted octanol–water partition coefficient (Wildman–Crippen LogP) is 2.23. The molecule has 0 spiro atoms. The normalized spacial score (nSPS) is 14.5. The van der Waals surface area contributed by atoms with E-state index in [-0.39, 0.29) is 19.1 Å². The number of hydrogen-bond donors (Lipinski definition) is 2. The highest BCUT2D eigenvalue weighted by atomic mass is 16.6. The van der Waals surface area contributed by atoms with Gasteiger partial charge in [-0.05, 0) is 58.1 Å². The fourth-order valence-electron chi connectivity index (χ4n) is 3.42. The lowest BCUT2D eigenvalue weighted by atomic mass is 9.88. The average molecular weight is 448 g/mol. The summed E-state index contributed by atoms with van der Waals surface area (Å²) in [5, 5.41) is 5.06. The largest absolute Gasteiger partial charge is 0.468 e. The number of hydrogen-bond acceptors (Lipinski definition) is 6. The van der Waals surface area contributed by atoms with Crippen molar-refractivity contribution in [2.75, 3.05) is 20.2 Å². The van der Waals surface area contributed by atoms with Crippen LogP contribution >= 0.6 is 0 Å². The lowest BCUT2D eigenvalue weighted by molar-refractivity contribution is -0.146. The molecule has 0 aromatic heterocycles. The van der Waals surface area contributed by atoms with Crippen LogP contribution in [0.5, 0.6) is 0 Å². The van der Waals surface area contributed by atoms with Crippen molar-refractivity contribution >= 4 is 23.9 Å². The summed E-state index contributed by atoms with van der Waals surface area (Å²) in [5.74, 6) is -1.47. The van der Waals surface area contributed by atoms with Crippen molar-refractivity contribution in [3.8, 4) is 0 Å². The van der Waals surface area contributed by atoms with Crippen LogP contribution in [-0.2, 0) is 23.9 Å². The monoisotopic (exact) mass is 447 g/mol. The van der Waals surface area contributed by atoms with Gasteiger partial charge in [-0.1, -0.05) is 24.3 Å². The number of nitrogens with one attached hydrogen (secondary N) is 2. The second kappa shape index (κ2) is 11.0. The molecule has 1 aromatic rings. The third-order valence-electron chi connectivity index (χ3n) is 5.18. The molecule has 0 saturated heterocycles. The number of alkyl carbamates (subject to hydrolysis) is 1. The van der Waals surface area contributed by atoms with Crippen LogP contribution in [0.3, 0.4) is 0 Å². The Morgan fingerprint density at radius 1 is 1.09 bits per heavy atom. The zero-order chi connectivity index (χ0) is 23.9. The van der Waals surface area contributed by atoms with Crippen LogP contribution in [0.4, 0.5) is 4.79 Å². The van der Waals surface area contributed by atoms with Gasteiger partial charge in [0.2, 0.25) is 11.8 Å². The molecule has 32 heavy (non-hydrogen) atoms. The minimum atomic E-state index is -0.945. The highest BCUT2D eigenvalue weighted by molar-refractivity contribution is 5.92. The van der Waals surface area contributed by atoms with Crippen LogP contribution in [-0.4, -0.2) is 60.6 Å². The highest BCUT2D eigenvalue weighted by Gasteiger charge is 2.39. The van der Waals surface area contributed by atoms with E-state index in [9.17, 15) is 19.2 Å². The Balaban J connectivity index is 2.29. The molecule has 1 unspecified atom stereocenters. The number of methoxy groups -OCH3 is 1. The molecule has 0 bridgehead atoms. The van der Waals surface area contributed by atoms with Crippen LogP contribution in [0.2, 0.25) is 0 Å². The van der Waals surface area contributed by atoms with E-state index < -0.39 is 35.5 Å². The van der Waals surface area contributed by atoms with Crippen molar-refractivity contribution in [3.05, 3.63) is 35.4 Å². The molecule has 2 rings (SSSR count).